The number of aryl methyl sites for hydroxylation is 1. The number of halogens is 1. The molecule has 3 heteroatoms. The van der Waals surface area contributed by atoms with Gasteiger partial charge in [-0.15, -0.1) is 0 Å². The van der Waals surface area contributed by atoms with Crippen LogP contribution in [0.15, 0.2) is 24.3 Å². The minimum absolute atomic E-state index is 0.134. The quantitative estimate of drug-likeness (QED) is 0.841. The molecule has 1 aliphatic rings. The van der Waals surface area contributed by atoms with E-state index in [0.29, 0.717) is 0 Å². The third-order valence-electron chi connectivity index (χ3n) is 3.42. The van der Waals surface area contributed by atoms with E-state index >= 15 is 0 Å². The minimum atomic E-state index is 0.134. The summed E-state index contributed by atoms with van der Waals surface area (Å²) in [5.41, 5.74) is 8.62. The van der Waals surface area contributed by atoms with Gasteiger partial charge in [0.2, 0.25) is 0 Å². The maximum atomic E-state index is 6.08. The van der Waals surface area contributed by atoms with Crippen LogP contribution >= 0.6 is 11.6 Å². The van der Waals surface area contributed by atoms with Crippen LogP contribution in [-0.2, 0) is 6.42 Å². The van der Waals surface area contributed by atoms with Crippen LogP contribution < -0.4 is 5.73 Å². The highest BCUT2D eigenvalue weighted by Crippen LogP contribution is 2.36. The summed E-state index contributed by atoms with van der Waals surface area (Å²) in [6.45, 7) is 0. The number of hydrogen-bond acceptors (Lipinski definition) is 1. The zero-order valence-corrected chi connectivity index (χ0v) is 9.85. The Hall–Kier alpha value is -0.990. The highest BCUT2D eigenvalue weighted by molar-refractivity contribution is 6.31. The Kier molecular flexibility index (Phi) is 2.23. The molecule has 0 radical (unpaired) electrons. The van der Waals surface area contributed by atoms with Gasteiger partial charge in [-0.3, -0.25) is 0 Å². The van der Waals surface area contributed by atoms with E-state index in [-0.39, 0.29) is 5.54 Å². The number of benzene rings is 1. The zero-order valence-electron chi connectivity index (χ0n) is 9.09. The lowest BCUT2D eigenvalue weighted by atomic mass is 10.1. The van der Waals surface area contributed by atoms with Gasteiger partial charge in [-0.25, -0.2) is 0 Å². The molecule has 0 amide bonds. The average Bonchev–Trinajstić information content (AvgIpc) is 2.85. The highest BCUT2D eigenvalue weighted by atomic mass is 35.5. The second kappa shape index (κ2) is 3.51. The predicted octanol–water partition coefficient (Wildman–Crippen LogP) is 3.25. The lowest BCUT2D eigenvalue weighted by molar-refractivity contribution is 0.605. The lowest BCUT2D eigenvalue weighted by Gasteiger charge is -2.05. The van der Waals surface area contributed by atoms with Gasteiger partial charge >= 0.3 is 0 Å². The Bertz CT molecular complexity index is 526. The Morgan fingerprint density at radius 2 is 2.12 bits per heavy atom. The van der Waals surface area contributed by atoms with Gasteiger partial charge in [0.15, 0.2) is 0 Å². The Morgan fingerprint density at radius 3 is 2.88 bits per heavy atom. The number of nitrogens with two attached hydrogens (primary N) is 1. The second-order valence-electron chi connectivity index (χ2n) is 4.89. The monoisotopic (exact) mass is 234 g/mol. The maximum absolute atomic E-state index is 6.08. The van der Waals surface area contributed by atoms with Crippen LogP contribution in [-0.4, -0.2) is 10.5 Å². The molecule has 0 bridgehead atoms. The van der Waals surface area contributed by atoms with Gasteiger partial charge in [0.1, 0.15) is 0 Å². The van der Waals surface area contributed by atoms with Crippen molar-refractivity contribution in [2.24, 2.45) is 5.73 Å². The smallest absolute Gasteiger partial charge is 0.0457 e. The number of rotatable bonds is 3. The predicted molar refractivity (Wildman–Crippen MR) is 67.8 cm³/mol. The molecule has 0 spiro atoms. The van der Waals surface area contributed by atoms with Crippen molar-refractivity contribution in [2.45, 2.75) is 31.2 Å². The molecule has 1 aromatic carbocycles. The molecule has 2 aromatic rings. The number of fused-ring (bicyclic) bond motifs is 1. The first kappa shape index (κ1) is 10.2. The zero-order chi connectivity index (χ0) is 11.2. The largest absolute Gasteiger partial charge is 0.358 e. The average molecular weight is 235 g/mol. The van der Waals surface area contributed by atoms with Crippen LogP contribution in [0.1, 0.15) is 25.0 Å². The summed E-state index contributed by atoms with van der Waals surface area (Å²) in [5, 5.41) is 1.97. The fraction of sp³-hybridized carbons (Fsp3) is 0.385. The lowest BCUT2D eigenvalue weighted by Crippen LogP contribution is -2.22. The third kappa shape index (κ3) is 1.95. The maximum Gasteiger partial charge on any atom is 0.0457 e. The standard InChI is InChI=1S/C13H15ClN2/c14-10-1-2-12-9(7-10)8-11(16-12)3-4-13(15)5-6-13/h1-2,7-8,16H,3-6,15H2. The van der Waals surface area contributed by atoms with Crippen LogP contribution in [0.4, 0.5) is 0 Å². The molecule has 1 aliphatic carbocycles. The van der Waals surface area contributed by atoms with Gasteiger partial charge in [-0.2, -0.15) is 0 Å². The Balaban J connectivity index is 1.82. The SMILES string of the molecule is NC1(CCc2cc3cc(Cl)ccc3[nH]2)CC1. The third-order valence-corrected chi connectivity index (χ3v) is 3.66. The molecule has 84 valence electrons. The van der Waals surface area contributed by atoms with E-state index in [4.69, 9.17) is 17.3 Å². The second-order valence-corrected chi connectivity index (χ2v) is 5.32. The van der Waals surface area contributed by atoms with Crippen LogP contribution in [0.2, 0.25) is 5.02 Å². The molecular formula is C13H15ClN2. The number of aromatic nitrogens is 1. The van der Waals surface area contributed by atoms with E-state index in [2.05, 4.69) is 11.1 Å². The van der Waals surface area contributed by atoms with Crippen molar-refractivity contribution >= 4 is 22.5 Å². The molecule has 0 aliphatic heterocycles. The normalized spacial score (nSPS) is 17.9. The van der Waals surface area contributed by atoms with Gasteiger partial charge in [-0.05, 0) is 49.9 Å². The highest BCUT2D eigenvalue weighted by Gasteiger charge is 2.37. The van der Waals surface area contributed by atoms with Crippen LogP contribution in [0.5, 0.6) is 0 Å². The first-order chi connectivity index (χ1) is 7.65. The van der Waals surface area contributed by atoms with Crippen LogP contribution in [0.25, 0.3) is 10.9 Å². The number of hydrogen-bond donors (Lipinski definition) is 2. The summed E-state index contributed by atoms with van der Waals surface area (Å²) in [4.78, 5) is 3.41. The number of nitrogens with one attached hydrogen (secondary N) is 1. The van der Waals surface area contributed by atoms with Crippen molar-refractivity contribution in [3.8, 4) is 0 Å². The minimum Gasteiger partial charge on any atom is -0.358 e. The first-order valence-corrected chi connectivity index (χ1v) is 6.09. The molecule has 1 fully saturated rings. The first-order valence-electron chi connectivity index (χ1n) is 5.71. The van der Waals surface area contributed by atoms with E-state index in [1.165, 1.54) is 23.9 Å². The van der Waals surface area contributed by atoms with Gasteiger partial charge in [0.05, 0.1) is 0 Å². The summed E-state index contributed by atoms with van der Waals surface area (Å²) in [5.74, 6) is 0. The Morgan fingerprint density at radius 1 is 1.31 bits per heavy atom. The number of aromatic amines is 1. The molecule has 3 rings (SSSR count). The summed E-state index contributed by atoms with van der Waals surface area (Å²) >= 11 is 5.95. The molecule has 0 unspecified atom stereocenters. The van der Waals surface area contributed by atoms with Gasteiger partial charge < -0.3 is 10.7 Å². The fourth-order valence-electron chi connectivity index (χ4n) is 2.09. The molecule has 3 N–H and O–H groups in total. The number of H-pyrrole nitrogens is 1. The van der Waals surface area contributed by atoms with Crippen LogP contribution in [0, 0.1) is 0 Å². The van der Waals surface area contributed by atoms with E-state index in [0.717, 1.165) is 23.4 Å². The molecule has 1 heterocycles. The summed E-state index contributed by atoms with van der Waals surface area (Å²) in [6, 6.07) is 8.10. The van der Waals surface area contributed by atoms with E-state index in [1.807, 2.05) is 18.2 Å². The summed E-state index contributed by atoms with van der Waals surface area (Å²) in [7, 11) is 0. The van der Waals surface area contributed by atoms with Crippen molar-refractivity contribution in [3.63, 3.8) is 0 Å². The van der Waals surface area contributed by atoms with E-state index < -0.39 is 0 Å². The molecular weight excluding hydrogens is 220 g/mol. The molecule has 0 atom stereocenters. The van der Waals surface area contributed by atoms with E-state index in [9.17, 15) is 0 Å². The van der Waals surface area contributed by atoms with Crippen molar-refractivity contribution in [3.05, 3.63) is 35.0 Å². The fourth-order valence-corrected chi connectivity index (χ4v) is 2.27. The van der Waals surface area contributed by atoms with Crippen molar-refractivity contribution < 1.29 is 0 Å². The summed E-state index contributed by atoms with van der Waals surface area (Å²) in [6.07, 6.45) is 4.47. The van der Waals surface area contributed by atoms with Crippen molar-refractivity contribution in [1.29, 1.82) is 0 Å². The van der Waals surface area contributed by atoms with Crippen molar-refractivity contribution in [1.82, 2.24) is 4.98 Å². The topological polar surface area (TPSA) is 41.8 Å². The van der Waals surface area contributed by atoms with Gasteiger partial charge in [-0.1, -0.05) is 11.6 Å². The summed E-state index contributed by atoms with van der Waals surface area (Å²) < 4.78 is 0. The molecule has 16 heavy (non-hydrogen) atoms. The van der Waals surface area contributed by atoms with Crippen LogP contribution in [0.3, 0.4) is 0 Å². The molecule has 1 saturated carbocycles. The van der Waals surface area contributed by atoms with Crippen molar-refractivity contribution in [2.75, 3.05) is 0 Å². The van der Waals surface area contributed by atoms with Gasteiger partial charge in [0, 0.05) is 27.2 Å². The molecule has 0 saturated heterocycles. The Labute approximate surface area is 99.8 Å². The van der Waals surface area contributed by atoms with E-state index in [1.54, 1.807) is 0 Å². The molecule has 2 nitrogen and oxygen atoms in total. The van der Waals surface area contributed by atoms with Gasteiger partial charge in [0.25, 0.3) is 0 Å². The molecule has 1 aromatic heterocycles.